The first kappa shape index (κ1) is 21.3. The Hall–Kier alpha value is -3.44. The van der Waals surface area contributed by atoms with E-state index in [1.807, 2.05) is 42.5 Å². The Morgan fingerprint density at radius 1 is 1.10 bits per heavy atom. The molecule has 0 aliphatic heterocycles. The Labute approximate surface area is 180 Å². The van der Waals surface area contributed by atoms with Crippen molar-refractivity contribution in [3.8, 4) is 0 Å². The molecule has 2 aromatic carbocycles. The summed E-state index contributed by atoms with van der Waals surface area (Å²) in [6.07, 6.45) is 4.83. The van der Waals surface area contributed by atoms with Crippen molar-refractivity contribution in [2.24, 2.45) is 0 Å². The van der Waals surface area contributed by atoms with Gasteiger partial charge in [0.1, 0.15) is 0 Å². The van der Waals surface area contributed by atoms with Gasteiger partial charge in [-0.2, -0.15) is 0 Å². The van der Waals surface area contributed by atoms with Gasteiger partial charge in [-0.1, -0.05) is 37.3 Å². The number of anilines is 1. The number of nitrogens with one attached hydrogen (secondary N) is 1. The maximum Gasteiger partial charge on any atom is 0.328 e. The van der Waals surface area contributed by atoms with Crippen molar-refractivity contribution in [2.45, 2.75) is 20.3 Å². The number of carbonyl (C=O) groups is 1. The number of nitrogen functional groups attached to an aromatic ring is 1. The van der Waals surface area contributed by atoms with Crippen LogP contribution in [0, 0.1) is 12.3 Å². The van der Waals surface area contributed by atoms with Gasteiger partial charge < -0.3 is 16.2 Å². The van der Waals surface area contributed by atoms with E-state index in [0.717, 1.165) is 34.8 Å². The first-order valence-corrected chi connectivity index (χ1v) is 10.5. The van der Waals surface area contributed by atoms with Crippen molar-refractivity contribution in [2.75, 3.05) is 5.73 Å². The molecule has 0 radical (unpaired) electrons. The Morgan fingerprint density at radius 3 is 2.37 bits per heavy atom. The van der Waals surface area contributed by atoms with Gasteiger partial charge in [-0.05, 0) is 71.5 Å². The fraction of sp³-hybridized carbons (Fsp3) is 0.120. The lowest BCUT2D eigenvalue weighted by atomic mass is 9.89. The van der Waals surface area contributed by atoms with Crippen molar-refractivity contribution in [1.29, 1.82) is 5.41 Å². The quantitative estimate of drug-likeness (QED) is 0.247. The zero-order valence-corrected chi connectivity index (χ0v) is 17.8. The third-order valence-corrected chi connectivity index (χ3v) is 5.90. The second kappa shape index (κ2) is 9.37. The number of nitrogens with two attached hydrogens (primary N) is 1. The van der Waals surface area contributed by atoms with E-state index in [1.165, 1.54) is 21.5 Å². The van der Waals surface area contributed by atoms with E-state index < -0.39 is 5.97 Å². The summed E-state index contributed by atoms with van der Waals surface area (Å²) in [4.78, 5) is 13.3. The number of rotatable bonds is 7. The van der Waals surface area contributed by atoms with Crippen molar-refractivity contribution in [1.82, 2.24) is 0 Å². The Kier molecular flexibility index (Phi) is 6.65. The highest BCUT2D eigenvalue weighted by atomic mass is 32.1. The zero-order chi connectivity index (χ0) is 21.7. The van der Waals surface area contributed by atoms with Crippen LogP contribution in [0.25, 0.3) is 17.2 Å². The summed E-state index contributed by atoms with van der Waals surface area (Å²) >= 11 is 1.76. The van der Waals surface area contributed by atoms with Gasteiger partial charge >= 0.3 is 5.97 Å². The normalized spacial score (nSPS) is 12.1. The lowest BCUT2D eigenvalue weighted by Crippen LogP contribution is -1.98. The minimum Gasteiger partial charge on any atom is -0.478 e. The first-order chi connectivity index (χ1) is 14.4. The number of carboxylic acid groups (broad SMARTS) is 1. The molecule has 0 spiro atoms. The van der Waals surface area contributed by atoms with Crippen LogP contribution in [0.3, 0.4) is 0 Å². The summed E-state index contributed by atoms with van der Waals surface area (Å²) in [5, 5.41) is 16.5. The molecule has 3 aromatic rings. The topological polar surface area (TPSA) is 87.2 Å². The van der Waals surface area contributed by atoms with Gasteiger partial charge in [0.05, 0.1) is 0 Å². The predicted octanol–water partition coefficient (Wildman–Crippen LogP) is 6.10. The van der Waals surface area contributed by atoms with Crippen molar-refractivity contribution in [3.05, 3.63) is 92.7 Å². The molecule has 0 atom stereocenters. The van der Waals surface area contributed by atoms with Crippen LogP contribution in [-0.4, -0.2) is 17.3 Å². The Morgan fingerprint density at radius 2 is 1.80 bits per heavy atom. The molecule has 0 saturated heterocycles. The van der Waals surface area contributed by atoms with Gasteiger partial charge in [0.15, 0.2) is 0 Å². The molecule has 0 bridgehead atoms. The molecule has 3 rings (SSSR count). The molecular formula is C25H24N2O2S. The standard InChI is InChI=1S/C25H24N2O2S/c1-3-21(23-12-4-16(2)30-23)25(19-10-11-22(27)20(14-19)15-26)18-8-5-17(6-9-18)7-13-24(28)29/h4-15,26H,3,27H2,1-2H3,(H,28,29)/b13-7+,25-21+,26-15?. The minimum absolute atomic E-state index is 0.576. The molecular weight excluding hydrogens is 392 g/mol. The average molecular weight is 417 g/mol. The molecule has 0 unspecified atom stereocenters. The summed E-state index contributed by atoms with van der Waals surface area (Å²) in [5.41, 5.74) is 12.5. The third-order valence-electron chi connectivity index (χ3n) is 4.84. The number of thiophene rings is 1. The molecule has 30 heavy (non-hydrogen) atoms. The second-order valence-electron chi connectivity index (χ2n) is 6.90. The molecule has 0 aliphatic rings. The third kappa shape index (κ3) is 4.75. The minimum atomic E-state index is -0.970. The average Bonchev–Trinajstić information content (AvgIpc) is 3.17. The summed E-state index contributed by atoms with van der Waals surface area (Å²) in [6.45, 7) is 4.24. The second-order valence-corrected chi connectivity index (χ2v) is 8.19. The maximum absolute atomic E-state index is 10.8. The van der Waals surface area contributed by atoms with Gasteiger partial charge in [-0.25, -0.2) is 4.79 Å². The van der Waals surface area contributed by atoms with Crippen LogP contribution in [0.1, 0.15) is 45.4 Å². The monoisotopic (exact) mass is 416 g/mol. The highest BCUT2D eigenvalue weighted by Crippen LogP contribution is 2.37. The van der Waals surface area contributed by atoms with E-state index >= 15 is 0 Å². The molecule has 4 nitrogen and oxygen atoms in total. The smallest absolute Gasteiger partial charge is 0.328 e. The molecule has 1 aromatic heterocycles. The SMILES string of the molecule is CC/C(=C(/c1ccc(/C=C/C(=O)O)cc1)c1ccc(N)c(C=N)c1)c1ccc(C)s1. The van der Waals surface area contributed by atoms with Crippen LogP contribution < -0.4 is 5.73 Å². The predicted molar refractivity (Wildman–Crippen MR) is 127 cm³/mol. The van der Waals surface area contributed by atoms with Crippen LogP contribution >= 0.6 is 11.3 Å². The number of aryl methyl sites for hydroxylation is 1. The van der Waals surface area contributed by atoms with E-state index in [2.05, 4.69) is 26.0 Å². The molecule has 0 amide bonds. The van der Waals surface area contributed by atoms with Crippen molar-refractivity contribution >= 4 is 46.4 Å². The van der Waals surface area contributed by atoms with Crippen LogP contribution in [0.15, 0.2) is 60.7 Å². The van der Waals surface area contributed by atoms with Gasteiger partial charge in [-0.15, -0.1) is 11.3 Å². The number of carboxylic acids is 1. The maximum atomic E-state index is 10.8. The number of hydrogen-bond acceptors (Lipinski definition) is 4. The van der Waals surface area contributed by atoms with Crippen molar-refractivity contribution < 1.29 is 9.90 Å². The van der Waals surface area contributed by atoms with Crippen molar-refractivity contribution in [3.63, 3.8) is 0 Å². The van der Waals surface area contributed by atoms with Crippen LogP contribution in [0.5, 0.6) is 0 Å². The highest BCUT2D eigenvalue weighted by molar-refractivity contribution is 7.13. The van der Waals surface area contributed by atoms with Gasteiger partial charge in [0, 0.05) is 33.3 Å². The largest absolute Gasteiger partial charge is 0.478 e. The lowest BCUT2D eigenvalue weighted by Gasteiger charge is -2.16. The number of hydrogen-bond donors (Lipinski definition) is 3. The van der Waals surface area contributed by atoms with E-state index in [0.29, 0.717) is 11.3 Å². The number of aliphatic carboxylic acids is 1. The molecule has 152 valence electrons. The molecule has 0 saturated carbocycles. The molecule has 5 heteroatoms. The van der Waals surface area contributed by atoms with E-state index in [9.17, 15) is 4.79 Å². The van der Waals surface area contributed by atoms with Gasteiger partial charge in [-0.3, -0.25) is 0 Å². The summed E-state index contributed by atoms with van der Waals surface area (Å²) in [7, 11) is 0. The molecule has 1 heterocycles. The summed E-state index contributed by atoms with van der Waals surface area (Å²) < 4.78 is 0. The van der Waals surface area contributed by atoms with Gasteiger partial charge in [0.2, 0.25) is 0 Å². The zero-order valence-electron chi connectivity index (χ0n) is 17.0. The van der Waals surface area contributed by atoms with Crippen LogP contribution in [0.4, 0.5) is 5.69 Å². The van der Waals surface area contributed by atoms with E-state index in [-0.39, 0.29) is 0 Å². The molecule has 4 N–H and O–H groups in total. The summed E-state index contributed by atoms with van der Waals surface area (Å²) in [5.74, 6) is -0.970. The number of allylic oxidation sites excluding steroid dienone is 1. The number of benzene rings is 2. The molecule has 0 aliphatic carbocycles. The molecule has 0 fully saturated rings. The lowest BCUT2D eigenvalue weighted by molar-refractivity contribution is -0.131. The Bertz CT molecular complexity index is 1140. The van der Waals surface area contributed by atoms with E-state index in [4.69, 9.17) is 16.2 Å². The highest BCUT2D eigenvalue weighted by Gasteiger charge is 2.15. The van der Waals surface area contributed by atoms with Crippen LogP contribution in [-0.2, 0) is 4.79 Å². The van der Waals surface area contributed by atoms with E-state index in [1.54, 1.807) is 17.4 Å². The fourth-order valence-electron chi connectivity index (χ4n) is 3.37. The van der Waals surface area contributed by atoms with Crippen LogP contribution in [0.2, 0.25) is 0 Å². The summed E-state index contributed by atoms with van der Waals surface area (Å²) in [6, 6.07) is 17.9. The van der Waals surface area contributed by atoms with Gasteiger partial charge in [0.25, 0.3) is 0 Å². The fourth-order valence-corrected chi connectivity index (χ4v) is 4.36. The Balaban J connectivity index is 2.21. The first-order valence-electron chi connectivity index (χ1n) is 9.64.